The molecule has 5 nitrogen and oxygen atoms in total. The molecule has 1 heterocycles. The highest BCUT2D eigenvalue weighted by molar-refractivity contribution is 7.98. The number of nitrogens with one attached hydrogen (secondary N) is 1. The highest BCUT2D eigenvalue weighted by atomic mass is 32.2. The molecule has 6 heteroatoms. The number of nitrogens with zero attached hydrogens (tertiary/aromatic N) is 3. The van der Waals surface area contributed by atoms with Crippen molar-refractivity contribution < 1.29 is 4.79 Å². The Bertz CT molecular complexity index is 1150. The van der Waals surface area contributed by atoms with Crippen LogP contribution in [0.1, 0.15) is 80.1 Å². The molecule has 36 heavy (non-hydrogen) atoms. The van der Waals surface area contributed by atoms with Gasteiger partial charge in [-0.25, -0.2) is 9.97 Å². The van der Waals surface area contributed by atoms with Crippen LogP contribution in [0.15, 0.2) is 65.8 Å². The summed E-state index contributed by atoms with van der Waals surface area (Å²) in [6.45, 7) is 7.12. The lowest BCUT2D eigenvalue weighted by atomic mass is 9.91. The number of aromatic nitrogens is 2. The molecular weight excluding hydrogens is 464 g/mol. The van der Waals surface area contributed by atoms with E-state index in [1.54, 1.807) is 11.8 Å². The number of anilines is 1. The largest absolute Gasteiger partial charge is 0.357 e. The number of amides is 1. The molecule has 1 aliphatic carbocycles. The predicted octanol–water partition coefficient (Wildman–Crippen LogP) is 6.77. The van der Waals surface area contributed by atoms with Crippen LogP contribution in [0.2, 0.25) is 0 Å². The molecule has 0 unspecified atom stereocenters. The van der Waals surface area contributed by atoms with Crippen molar-refractivity contribution in [3.63, 3.8) is 0 Å². The second-order valence-electron chi connectivity index (χ2n) is 10.7. The topological polar surface area (TPSA) is 58.1 Å². The van der Waals surface area contributed by atoms with Gasteiger partial charge in [0.25, 0.3) is 5.91 Å². The fraction of sp³-hybridized carbons (Fsp3) is 0.433. The van der Waals surface area contributed by atoms with E-state index < -0.39 is 0 Å². The van der Waals surface area contributed by atoms with Gasteiger partial charge in [-0.15, -0.1) is 0 Å². The second-order valence-corrected chi connectivity index (χ2v) is 11.6. The smallest absolute Gasteiger partial charge is 0.251 e. The van der Waals surface area contributed by atoms with Crippen LogP contribution >= 0.6 is 11.8 Å². The van der Waals surface area contributed by atoms with Crippen molar-refractivity contribution in [3.05, 3.63) is 83.0 Å². The summed E-state index contributed by atoms with van der Waals surface area (Å²) in [5.74, 6) is 1.66. The molecule has 1 amide bonds. The molecule has 0 saturated heterocycles. The summed E-state index contributed by atoms with van der Waals surface area (Å²) in [6, 6.07) is 20.5. The SMILES string of the molecule is CN(c1cc(C(C)(C)C)nc(SCc2cccc(C(=O)NCc3ccccc3)c2)n1)C1CCCCC1. The summed E-state index contributed by atoms with van der Waals surface area (Å²) in [4.78, 5) is 25.0. The number of carbonyl (C=O) groups excluding carboxylic acids is 1. The molecule has 0 atom stereocenters. The standard InChI is InChI=1S/C30H38N4OS/c1-30(2,3)26-19-27(34(4)25-16-9-6-10-17-25)33-29(32-26)36-21-23-14-11-15-24(18-23)28(35)31-20-22-12-7-5-8-13-22/h5,7-8,11-15,18-19,25H,6,9-10,16-17,20-21H2,1-4H3,(H,31,35). The Labute approximate surface area is 220 Å². The van der Waals surface area contributed by atoms with Gasteiger partial charge in [-0.3, -0.25) is 4.79 Å². The van der Waals surface area contributed by atoms with Crippen LogP contribution in [0.25, 0.3) is 0 Å². The molecule has 0 spiro atoms. The van der Waals surface area contributed by atoms with Crippen LogP contribution in [-0.4, -0.2) is 29.0 Å². The molecule has 1 saturated carbocycles. The molecular formula is C30H38N4OS. The fourth-order valence-corrected chi connectivity index (χ4v) is 5.32. The third-order valence-electron chi connectivity index (χ3n) is 6.80. The van der Waals surface area contributed by atoms with Crippen molar-refractivity contribution in [3.8, 4) is 0 Å². The predicted molar refractivity (Wildman–Crippen MR) is 150 cm³/mol. The summed E-state index contributed by atoms with van der Waals surface area (Å²) in [7, 11) is 2.18. The molecule has 190 valence electrons. The molecule has 0 aliphatic heterocycles. The number of carbonyl (C=O) groups is 1. The Morgan fingerprint density at radius 2 is 1.69 bits per heavy atom. The van der Waals surface area contributed by atoms with Gasteiger partial charge in [0.15, 0.2) is 5.16 Å². The van der Waals surface area contributed by atoms with E-state index in [9.17, 15) is 4.79 Å². The maximum absolute atomic E-state index is 12.7. The average Bonchev–Trinajstić information content (AvgIpc) is 2.90. The highest BCUT2D eigenvalue weighted by Gasteiger charge is 2.23. The zero-order chi connectivity index (χ0) is 25.5. The first-order valence-corrected chi connectivity index (χ1v) is 13.9. The van der Waals surface area contributed by atoms with Crippen molar-refractivity contribution >= 4 is 23.5 Å². The summed E-state index contributed by atoms with van der Waals surface area (Å²) < 4.78 is 0. The van der Waals surface area contributed by atoms with Crippen molar-refractivity contribution in [1.29, 1.82) is 0 Å². The normalized spacial score (nSPS) is 14.4. The first-order chi connectivity index (χ1) is 17.3. The minimum absolute atomic E-state index is 0.0584. The Hall–Kier alpha value is -2.86. The van der Waals surface area contributed by atoms with Crippen LogP contribution in [0.3, 0.4) is 0 Å². The second kappa shape index (κ2) is 11.9. The van der Waals surface area contributed by atoms with E-state index in [1.165, 1.54) is 32.1 Å². The third-order valence-corrected chi connectivity index (χ3v) is 7.72. The number of thioether (sulfide) groups is 1. The van der Waals surface area contributed by atoms with E-state index in [2.05, 4.69) is 50.2 Å². The number of rotatable bonds is 8. The molecule has 4 rings (SSSR count). The van der Waals surface area contributed by atoms with Crippen LogP contribution in [0.4, 0.5) is 5.82 Å². The molecule has 1 fully saturated rings. The van der Waals surface area contributed by atoms with Crippen LogP contribution in [-0.2, 0) is 17.7 Å². The van der Waals surface area contributed by atoms with Gasteiger partial charge in [0, 0.05) is 42.4 Å². The Morgan fingerprint density at radius 1 is 0.972 bits per heavy atom. The van der Waals surface area contributed by atoms with Gasteiger partial charge in [-0.2, -0.15) is 0 Å². The van der Waals surface area contributed by atoms with Crippen molar-refractivity contribution in [1.82, 2.24) is 15.3 Å². The summed E-state index contributed by atoms with van der Waals surface area (Å²) in [6.07, 6.45) is 6.39. The molecule has 1 N–H and O–H groups in total. The van der Waals surface area contributed by atoms with Crippen LogP contribution in [0.5, 0.6) is 0 Å². The van der Waals surface area contributed by atoms with E-state index in [-0.39, 0.29) is 11.3 Å². The minimum atomic E-state index is -0.0620. The first-order valence-electron chi connectivity index (χ1n) is 13.0. The van der Waals surface area contributed by atoms with Crippen molar-refractivity contribution in [2.45, 2.75) is 81.8 Å². The van der Waals surface area contributed by atoms with Gasteiger partial charge in [0.1, 0.15) is 5.82 Å². The number of hydrogen-bond donors (Lipinski definition) is 1. The third kappa shape index (κ3) is 7.10. The van der Waals surface area contributed by atoms with Crippen molar-refractivity contribution in [2.75, 3.05) is 11.9 Å². The maximum Gasteiger partial charge on any atom is 0.251 e. The summed E-state index contributed by atoms with van der Waals surface area (Å²) in [5.41, 5.74) is 3.84. The zero-order valence-corrected chi connectivity index (χ0v) is 22.8. The molecule has 2 aromatic carbocycles. The molecule has 1 aliphatic rings. The fourth-order valence-electron chi connectivity index (χ4n) is 4.53. The zero-order valence-electron chi connectivity index (χ0n) is 22.0. The van der Waals surface area contributed by atoms with E-state index >= 15 is 0 Å². The lowest BCUT2D eigenvalue weighted by molar-refractivity contribution is 0.0951. The minimum Gasteiger partial charge on any atom is -0.357 e. The van der Waals surface area contributed by atoms with Gasteiger partial charge in [0.2, 0.25) is 0 Å². The van der Waals surface area contributed by atoms with Crippen LogP contribution < -0.4 is 10.2 Å². The Morgan fingerprint density at radius 3 is 2.42 bits per heavy atom. The highest BCUT2D eigenvalue weighted by Crippen LogP contribution is 2.31. The number of benzene rings is 2. The van der Waals surface area contributed by atoms with E-state index in [4.69, 9.17) is 9.97 Å². The van der Waals surface area contributed by atoms with Gasteiger partial charge in [-0.1, -0.05) is 94.3 Å². The lowest BCUT2D eigenvalue weighted by Gasteiger charge is -2.33. The van der Waals surface area contributed by atoms with Crippen LogP contribution in [0, 0.1) is 0 Å². The monoisotopic (exact) mass is 502 g/mol. The molecule has 0 radical (unpaired) electrons. The van der Waals surface area contributed by atoms with Gasteiger partial charge < -0.3 is 10.2 Å². The summed E-state index contributed by atoms with van der Waals surface area (Å²) >= 11 is 1.63. The van der Waals surface area contributed by atoms with E-state index in [0.717, 1.165) is 27.8 Å². The Balaban J connectivity index is 1.45. The van der Waals surface area contributed by atoms with E-state index in [0.29, 0.717) is 23.9 Å². The summed E-state index contributed by atoms with van der Waals surface area (Å²) in [5, 5.41) is 3.81. The lowest BCUT2D eigenvalue weighted by Crippen LogP contribution is -2.34. The number of hydrogen-bond acceptors (Lipinski definition) is 5. The first kappa shape index (κ1) is 26.2. The molecule has 1 aromatic heterocycles. The van der Waals surface area contributed by atoms with Gasteiger partial charge in [-0.05, 0) is 36.1 Å². The van der Waals surface area contributed by atoms with Gasteiger partial charge >= 0.3 is 0 Å². The Kier molecular flexibility index (Phi) is 8.68. The van der Waals surface area contributed by atoms with Gasteiger partial charge in [0.05, 0.1) is 5.69 Å². The molecule has 3 aromatic rings. The maximum atomic E-state index is 12.7. The quantitative estimate of drug-likeness (QED) is 0.272. The van der Waals surface area contributed by atoms with E-state index in [1.807, 2.05) is 48.5 Å². The molecule has 0 bridgehead atoms. The van der Waals surface area contributed by atoms with Crippen molar-refractivity contribution in [2.24, 2.45) is 0 Å². The average molecular weight is 503 g/mol.